The fourth-order valence-corrected chi connectivity index (χ4v) is 5.36. The number of sulfonamides is 1. The summed E-state index contributed by atoms with van der Waals surface area (Å²) in [7, 11) is -3.64. The van der Waals surface area contributed by atoms with Crippen LogP contribution in [0.3, 0.4) is 0 Å². The van der Waals surface area contributed by atoms with Gasteiger partial charge in [0.05, 0.1) is 24.2 Å². The number of rotatable bonds is 9. The van der Waals surface area contributed by atoms with E-state index in [-0.39, 0.29) is 11.6 Å². The molecule has 13 heteroatoms. The number of benzene rings is 2. The van der Waals surface area contributed by atoms with Crippen molar-refractivity contribution in [1.29, 1.82) is 0 Å². The van der Waals surface area contributed by atoms with Crippen LogP contribution in [0.15, 0.2) is 79.5 Å². The van der Waals surface area contributed by atoms with E-state index in [1.54, 1.807) is 41.5 Å². The number of carbonyl (C=O) groups is 1. The fourth-order valence-electron chi connectivity index (χ4n) is 4.74. The van der Waals surface area contributed by atoms with E-state index in [1.807, 2.05) is 52.1 Å². The minimum absolute atomic E-state index is 0.0462. The van der Waals surface area contributed by atoms with E-state index in [9.17, 15) is 13.2 Å². The lowest BCUT2D eigenvalue weighted by Gasteiger charge is -2.17. The third-order valence-corrected chi connectivity index (χ3v) is 7.76. The van der Waals surface area contributed by atoms with E-state index in [1.165, 1.54) is 12.8 Å². The summed E-state index contributed by atoms with van der Waals surface area (Å²) in [5.74, 6) is -0.0379. The second-order valence-electron chi connectivity index (χ2n) is 10.1. The third kappa shape index (κ3) is 6.18. The maximum absolute atomic E-state index is 12.1. The Bertz CT molecular complexity index is 1800. The number of tetrazole rings is 1. The van der Waals surface area contributed by atoms with E-state index in [0.717, 1.165) is 46.3 Å². The highest BCUT2D eigenvalue weighted by atomic mass is 35.5. The van der Waals surface area contributed by atoms with Gasteiger partial charge in [0.1, 0.15) is 10.8 Å². The van der Waals surface area contributed by atoms with Gasteiger partial charge in [-0.25, -0.2) is 13.1 Å². The molecule has 5 aromatic rings. The first kappa shape index (κ1) is 26.8. The van der Waals surface area contributed by atoms with Crippen molar-refractivity contribution in [2.75, 3.05) is 6.26 Å². The summed E-state index contributed by atoms with van der Waals surface area (Å²) in [5, 5.41) is 15.8. The predicted molar refractivity (Wildman–Crippen MR) is 152 cm³/mol. The van der Waals surface area contributed by atoms with Gasteiger partial charge in [-0.15, -0.1) is 4.68 Å². The molecule has 2 aromatic carbocycles. The molecule has 208 valence electrons. The summed E-state index contributed by atoms with van der Waals surface area (Å²) in [5.41, 5.74) is 5.54. The Morgan fingerprint density at radius 2 is 1.88 bits per heavy atom. The van der Waals surface area contributed by atoms with Crippen LogP contribution in [0.1, 0.15) is 41.4 Å². The lowest BCUT2D eigenvalue weighted by Crippen LogP contribution is -2.32. The smallest absolute Gasteiger partial charge is 0.268 e. The van der Waals surface area contributed by atoms with Crippen molar-refractivity contribution in [1.82, 2.24) is 35.0 Å². The van der Waals surface area contributed by atoms with Crippen molar-refractivity contribution in [2.45, 2.75) is 25.3 Å². The minimum atomic E-state index is -3.64. The van der Waals surface area contributed by atoms with Gasteiger partial charge in [-0.2, -0.15) is 5.10 Å². The molecule has 0 spiro atoms. The maximum atomic E-state index is 12.1. The van der Waals surface area contributed by atoms with Gasteiger partial charge in [-0.05, 0) is 54.3 Å². The van der Waals surface area contributed by atoms with Crippen LogP contribution in [0.4, 0.5) is 0 Å². The highest BCUT2D eigenvalue weighted by Crippen LogP contribution is 2.39. The lowest BCUT2D eigenvalue weighted by molar-refractivity contribution is -0.659. The monoisotopic (exact) mass is 589 g/mol. The van der Waals surface area contributed by atoms with Gasteiger partial charge in [0.25, 0.3) is 12.2 Å². The molecule has 1 unspecified atom stereocenters. The van der Waals surface area contributed by atoms with Crippen LogP contribution in [0.25, 0.3) is 27.9 Å². The van der Waals surface area contributed by atoms with Gasteiger partial charge < -0.3 is 0 Å². The minimum Gasteiger partial charge on any atom is -0.268 e. The average Bonchev–Trinajstić information content (AvgIpc) is 3.38. The number of hydrogen-bond acceptors (Lipinski definition) is 7. The number of aromatic amines is 1. The molecule has 3 aromatic heterocycles. The van der Waals surface area contributed by atoms with Crippen molar-refractivity contribution >= 4 is 27.5 Å². The summed E-state index contributed by atoms with van der Waals surface area (Å²) in [6, 6.07) is 16.4. The van der Waals surface area contributed by atoms with E-state index < -0.39 is 15.9 Å². The van der Waals surface area contributed by atoms with Crippen LogP contribution in [-0.4, -0.2) is 50.9 Å². The topological polar surface area (TPSA) is 139 Å². The number of halogens is 1. The number of nitrogens with zero attached hydrogens (tertiary/aromatic N) is 6. The Balaban J connectivity index is 1.26. The molecule has 0 saturated heterocycles. The molecule has 1 aliphatic carbocycles. The summed E-state index contributed by atoms with van der Waals surface area (Å²) in [6.45, 7) is 0. The van der Waals surface area contributed by atoms with Crippen LogP contribution in [-0.2, 0) is 10.0 Å². The zero-order valence-electron chi connectivity index (χ0n) is 22.0. The number of carbonyl (C=O) groups excluding carboxylic acids is 1. The fraction of sp³-hybridized carbons (Fsp3) is 0.214. The number of pyridine rings is 1. The molecule has 1 fully saturated rings. The molecule has 1 aliphatic rings. The van der Waals surface area contributed by atoms with Crippen LogP contribution in [0.2, 0.25) is 5.02 Å². The zero-order valence-corrected chi connectivity index (χ0v) is 23.5. The molecule has 0 aliphatic heterocycles. The first-order chi connectivity index (χ1) is 19.7. The number of amides is 1. The van der Waals surface area contributed by atoms with E-state index >= 15 is 0 Å². The van der Waals surface area contributed by atoms with Gasteiger partial charge in [-0.3, -0.25) is 14.5 Å². The normalized spacial score (nSPS) is 14.1. The summed E-state index contributed by atoms with van der Waals surface area (Å²) >= 11 is 6.33. The molecule has 0 radical (unpaired) electrons. The molecule has 41 heavy (non-hydrogen) atoms. The van der Waals surface area contributed by atoms with Crippen molar-refractivity contribution < 1.29 is 17.9 Å². The van der Waals surface area contributed by atoms with Gasteiger partial charge in [-0.1, -0.05) is 47.9 Å². The highest BCUT2D eigenvalue weighted by molar-refractivity contribution is 7.89. The predicted octanol–water partition coefficient (Wildman–Crippen LogP) is 3.74. The van der Waals surface area contributed by atoms with Gasteiger partial charge >= 0.3 is 0 Å². The second kappa shape index (κ2) is 10.9. The Morgan fingerprint density at radius 1 is 1.10 bits per heavy atom. The highest BCUT2D eigenvalue weighted by Gasteiger charge is 2.29. The molecule has 1 amide bonds. The number of hydrogen-bond donors (Lipinski definition) is 2. The van der Waals surface area contributed by atoms with E-state index in [2.05, 4.69) is 20.6 Å². The average molecular weight is 590 g/mol. The first-order valence-electron chi connectivity index (χ1n) is 12.9. The summed E-state index contributed by atoms with van der Waals surface area (Å²) in [4.78, 5) is 17.0. The molecule has 6 rings (SSSR count). The molecule has 1 atom stereocenters. The van der Waals surface area contributed by atoms with Crippen molar-refractivity contribution in [3.63, 3.8) is 0 Å². The third-order valence-electron chi connectivity index (χ3n) is 6.97. The zero-order chi connectivity index (χ0) is 28.6. The van der Waals surface area contributed by atoms with Crippen LogP contribution >= 0.6 is 11.6 Å². The summed E-state index contributed by atoms with van der Waals surface area (Å²) in [6.07, 6.45) is 11.5. The Hall–Kier alpha value is -4.42. The lowest BCUT2D eigenvalue weighted by atomic mass is 10.0. The van der Waals surface area contributed by atoms with Crippen molar-refractivity contribution in [3.05, 3.63) is 95.8 Å². The molecular formula is C28H26ClN8O3S+. The molecule has 2 N–H and O–H groups in total. The SMILES string of the molecule is CS(=O)(=O)NC(=O)c1ccc(-c2cnn(C(CC3CC3)c3ccc(-c4cc(Cl)ccc4-[n+]4cnn[nH]4)cn3)c2)cc1. The van der Waals surface area contributed by atoms with E-state index in [4.69, 9.17) is 16.6 Å². The Labute approximate surface area is 241 Å². The van der Waals surface area contributed by atoms with E-state index in [0.29, 0.717) is 10.9 Å². The molecule has 3 heterocycles. The van der Waals surface area contributed by atoms with Crippen LogP contribution < -0.4 is 9.40 Å². The molecule has 1 saturated carbocycles. The van der Waals surface area contributed by atoms with Crippen LogP contribution in [0.5, 0.6) is 0 Å². The number of aromatic nitrogens is 7. The quantitative estimate of drug-likeness (QED) is 0.250. The maximum Gasteiger partial charge on any atom is 0.293 e. The number of nitrogens with one attached hydrogen (secondary N) is 2. The second-order valence-corrected chi connectivity index (χ2v) is 12.3. The van der Waals surface area contributed by atoms with Crippen molar-refractivity contribution in [2.24, 2.45) is 5.92 Å². The first-order valence-corrected chi connectivity index (χ1v) is 15.2. The summed E-state index contributed by atoms with van der Waals surface area (Å²) < 4.78 is 28.4. The van der Waals surface area contributed by atoms with Crippen molar-refractivity contribution in [3.8, 4) is 27.9 Å². The Kier molecular flexibility index (Phi) is 7.10. The molecule has 11 nitrogen and oxygen atoms in total. The largest absolute Gasteiger partial charge is 0.293 e. The molecular weight excluding hydrogens is 564 g/mol. The number of H-pyrrole nitrogens is 1. The van der Waals surface area contributed by atoms with Gasteiger partial charge in [0.15, 0.2) is 5.21 Å². The molecule has 0 bridgehead atoms. The van der Waals surface area contributed by atoms with Gasteiger partial charge in [0, 0.05) is 39.7 Å². The van der Waals surface area contributed by atoms with Crippen LogP contribution in [0, 0.1) is 5.92 Å². The Morgan fingerprint density at radius 3 is 2.54 bits per heavy atom. The van der Waals surface area contributed by atoms with Gasteiger partial charge in [0.2, 0.25) is 10.0 Å². The standard InChI is InChI=1S/C28H25ClN8O3S/c1-41(39,40)33-28(38)20-6-4-19(5-7-20)22-15-32-36(16-22)27(12-18-2-3-18)25-10-8-21(14-30-25)24-13-23(29)9-11-26(24)37-17-31-34-35-37/h4-11,13-18,27H,2-3,12H2,1H3,(H,33,38)/p+1.